The number of unbranched alkanes of at least 4 members (excludes halogenated alkanes) is 24. The Morgan fingerprint density at radius 3 is 1.34 bits per heavy atom. The fourth-order valence-corrected chi connectivity index (χ4v) is 5.68. The maximum Gasteiger partial charge on any atom is 0.220 e. The van der Waals surface area contributed by atoms with Crippen LogP contribution in [0.2, 0.25) is 0 Å². The van der Waals surface area contributed by atoms with Gasteiger partial charge in [0.25, 0.3) is 0 Å². The maximum absolute atomic E-state index is 12.3. The third-order valence-corrected chi connectivity index (χ3v) is 8.53. The lowest BCUT2D eigenvalue weighted by atomic mass is 9.99. The van der Waals surface area contributed by atoms with Crippen LogP contribution in [0.3, 0.4) is 0 Å². The topological polar surface area (TPSA) is 89.8 Å². The number of hydrogen-bond donors (Lipinski definition) is 4. The first-order chi connectivity index (χ1) is 21.2. The molecule has 0 saturated carbocycles. The highest BCUT2D eigenvalue weighted by Crippen LogP contribution is 2.16. The predicted octanol–water partition coefficient (Wildman–Crippen LogP) is 9.54. The van der Waals surface area contributed by atoms with Crippen molar-refractivity contribution in [2.45, 2.75) is 218 Å². The first-order valence-electron chi connectivity index (χ1n) is 19.5. The number of aliphatic hydroxyl groups is 3. The van der Waals surface area contributed by atoms with Gasteiger partial charge in [0.2, 0.25) is 5.91 Å². The van der Waals surface area contributed by atoms with Gasteiger partial charge in [0.05, 0.1) is 18.8 Å². The summed E-state index contributed by atoms with van der Waals surface area (Å²) in [7, 11) is 0. The second-order valence-electron chi connectivity index (χ2n) is 12.5. The van der Waals surface area contributed by atoms with Crippen molar-refractivity contribution in [3.05, 3.63) is 0 Å². The lowest BCUT2D eigenvalue weighted by Gasteiger charge is -2.26. The minimum Gasteiger partial charge on any atom is -0.394 e. The largest absolute Gasteiger partial charge is 0.394 e. The Labute approximate surface area is 260 Å². The lowest BCUT2D eigenvalue weighted by molar-refractivity contribution is -0.124. The molecule has 5 heteroatoms. The number of carbonyl (C=O) groups is 1. The molecule has 0 aliphatic rings. The molecule has 0 saturated heterocycles. The van der Waals surface area contributed by atoms with Gasteiger partial charge in [0.15, 0.2) is 0 Å². The second kappa shape index (κ2) is 32.3. The van der Waals surface area contributed by atoms with Crippen molar-refractivity contribution in [2.24, 2.45) is 0 Å². The van der Waals surface area contributed by atoms with Gasteiger partial charge in [-0.25, -0.2) is 0 Å². The van der Waals surface area contributed by atoms with Crippen molar-refractivity contribution in [3.63, 3.8) is 0 Å². The fraction of sp³-hybridized carbons (Fsp3) is 0.972. The van der Waals surface area contributed by atoms with Crippen LogP contribution in [-0.4, -0.2) is 46.1 Å². The van der Waals surface area contributed by atoms with Crippen LogP contribution in [0.1, 0.15) is 204 Å². The molecule has 0 fully saturated rings. The summed E-state index contributed by atoms with van der Waals surface area (Å²) in [4.78, 5) is 12.3. The standard InChI is InChI=1S/C36H73NO4/c1-3-5-7-9-11-13-15-17-18-19-21-23-25-27-29-31-35(40)37-33(32-38)36(41)34(39)30-28-26-24-22-20-16-14-12-10-8-6-4-2/h33-34,36,38-39,41H,3-32H2,1-2H3,(H,37,40)/t33-,34+,36-/m0/s1/i1D3. The van der Waals surface area contributed by atoms with E-state index in [-0.39, 0.29) is 12.5 Å². The third-order valence-electron chi connectivity index (χ3n) is 8.53. The summed E-state index contributed by atoms with van der Waals surface area (Å²) in [6, 6.07) is -0.823. The van der Waals surface area contributed by atoms with Crippen molar-refractivity contribution >= 4 is 5.91 Å². The van der Waals surface area contributed by atoms with Crippen LogP contribution in [0.4, 0.5) is 0 Å². The van der Waals surface area contributed by atoms with Gasteiger partial charge in [-0.05, 0) is 12.8 Å². The Kier molecular flexibility index (Phi) is 27.4. The molecule has 4 N–H and O–H groups in total. The Hall–Kier alpha value is -0.650. The lowest BCUT2D eigenvalue weighted by Crippen LogP contribution is -2.50. The number of carbonyl (C=O) groups excluding carboxylic acids is 1. The zero-order valence-corrected chi connectivity index (χ0v) is 27.2. The molecule has 3 atom stereocenters. The molecule has 41 heavy (non-hydrogen) atoms. The SMILES string of the molecule is [2H]C([2H])([2H])CCCCCCCCCCCCCCCCC(=O)N[C@@H](CO)[C@H](O)[C@H](O)CCCCCCCCCCCCCC. The van der Waals surface area contributed by atoms with Crippen molar-refractivity contribution in [3.8, 4) is 0 Å². The van der Waals surface area contributed by atoms with Crippen molar-refractivity contribution in [1.29, 1.82) is 0 Å². The summed E-state index contributed by atoms with van der Waals surface area (Å²) in [6.07, 6.45) is 30.0. The van der Waals surface area contributed by atoms with Crippen LogP contribution >= 0.6 is 0 Å². The van der Waals surface area contributed by atoms with Crippen LogP contribution < -0.4 is 5.32 Å². The molecule has 0 spiro atoms. The summed E-state index contributed by atoms with van der Waals surface area (Å²) < 4.78 is 21.7. The van der Waals surface area contributed by atoms with Gasteiger partial charge in [-0.2, -0.15) is 0 Å². The zero-order chi connectivity index (χ0) is 32.7. The highest BCUT2D eigenvalue weighted by atomic mass is 16.3. The van der Waals surface area contributed by atoms with Gasteiger partial charge in [0, 0.05) is 10.5 Å². The summed E-state index contributed by atoms with van der Waals surface area (Å²) in [5.41, 5.74) is 0. The molecule has 246 valence electrons. The Morgan fingerprint density at radius 1 is 0.585 bits per heavy atom. The first-order valence-corrected chi connectivity index (χ1v) is 18.0. The molecule has 0 bridgehead atoms. The number of nitrogens with one attached hydrogen (secondary N) is 1. The van der Waals surface area contributed by atoms with Crippen molar-refractivity contribution in [1.82, 2.24) is 5.32 Å². The molecule has 0 aliphatic heterocycles. The Bertz CT molecular complexity index is 621. The summed E-state index contributed by atoms with van der Waals surface area (Å²) in [5, 5.41) is 33.3. The van der Waals surface area contributed by atoms with E-state index in [1.165, 1.54) is 109 Å². The minimum atomic E-state index is -1.76. The van der Waals surface area contributed by atoms with Crippen molar-refractivity contribution in [2.75, 3.05) is 6.61 Å². The molecular formula is C36H73NO4. The normalized spacial score (nSPS) is 15.2. The van der Waals surface area contributed by atoms with Gasteiger partial charge in [-0.3, -0.25) is 4.79 Å². The maximum atomic E-state index is 12.3. The average Bonchev–Trinajstić information content (AvgIpc) is 2.99. The monoisotopic (exact) mass is 587 g/mol. The van der Waals surface area contributed by atoms with Crippen LogP contribution in [0.5, 0.6) is 0 Å². The summed E-state index contributed by atoms with van der Waals surface area (Å²) in [6.45, 7) is 0.105. The van der Waals surface area contributed by atoms with Crippen LogP contribution in [0.15, 0.2) is 0 Å². The predicted molar refractivity (Wildman–Crippen MR) is 176 cm³/mol. The van der Waals surface area contributed by atoms with E-state index in [0.29, 0.717) is 19.3 Å². The van der Waals surface area contributed by atoms with E-state index < -0.39 is 25.1 Å². The average molecular weight is 587 g/mol. The van der Waals surface area contributed by atoms with Gasteiger partial charge >= 0.3 is 0 Å². The van der Waals surface area contributed by atoms with E-state index >= 15 is 0 Å². The van der Waals surface area contributed by atoms with Gasteiger partial charge in [0.1, 0.15) is 6.10 Å². The number of rotatable bonds is 33. The molecule has 0 unspecified atom stereocenters. The highest BCUT2D eigenvalue weighted by Gasteiger charge is 2.26. The number of amides is 1. The molecule has 5 nitrogen and oxygen atoms in total. The molecule has 0 aliphatic carbocycles. The molecule has 0 aromatic heterocycles. The minimum absolute atomic E-state index is 0.169. The first kappa shape index (κ1) is 34.8. The van der Waals surface area contributed by atoms with Gasteiger partial charge < -0.3 is 20.6 Å². The van der Waals surface area contributed by atoms with E-state index in [9.17, 15) is 20.1 Å². The zero-order valence-electron chi connectivity index (χ0n) is 30.2. The molecule has 0 aromatic carbocycles. The molecule has 0 aromatic rings. The fourth-order valence-electron chi connectivity index (χ4n) is 5.68. The Morgan fingerprint density at radius 2 is 0.951 bits per heavy atom. The number of hydrogen-bond acceptors (Lipinski definition) is 4. The summed E-state index contributed by atoms with van der Waals surface area (Å²) >= 11 is 0. The van der Waals surface area contributed by atoms with E-state index in [2.05, 4.69) is 12.2 Å². The van der Waals surface area contributed by atoms with E-state index in [4.69, 9.17) is 4.11 Å². The van der Waals surface area contributed by atoms with Gasteiger partial charge in [-0.15, -0.1) is 0 Å². The number of aliphatic hydroxyl groups excluding tert-OH is 3. The van der Waals surface area contributed by atoms with E-state index in [0.717, 1.165) is 57.8 Å². The molecule has 0 rings (SSSR count). The van der Waals surface area contributed by atoms with Crippen LogP contribution in [-0.2, 0) is 4.79 Å². The summed E-state index contributed by atoms with van der Waals surface area (Å²) in [5.74, 6) is -0.169. The van der Waals surface area contributed by atoms with Crippen molar-refractivity contribution < 1.29 is 24.2 Å². The Balaban J connectivity index is 3.64. The molecular weight excluding hydrogens is 510 g/mol. The second-order valence-corrected chi connectivity index (χ2v) is 12.5. The van der Waals surface area contributed by atoms with E-state index in [1.807, 2.05) is 0 Å². The van der Waals surface area contributed by atoms with Crippen LogP contribution in [0, 0.1) is 0 Å². The van der Waals surface area contributed by atoms with Crippen LogP contribution in [0.25, 0.3) is 0 Å². The highest BCUT2D eigenvalue weighted by molar-refractivity contribution is 5.76. The molecule has 0 heterocycles. The third kappa shape index (κ3) is 27.9. The van der Waals surface area contributed by atoms with Gasteiger partial charge in [-0.1, -0.05) is 181 Å². The van der Waals surface area contributed by atoms with E-state index in [1.54, 1.807) is 0 Å². The quantitative estimate of drug-likeness (QED) is 0.0576. The smallest absolute Gasteiger partial charge is 0.220 e. The molecule has 0 radical (unpaired) electrons. The molecule has 1 amide bonds.